The maximum atomic E-state index is 8.34. The molecule has 0 aromatic rings. The Kier molecular flexibility index (Phi) is 2.73. The van der Waals surface area contributed by atoms with Crippen LogP contribution in [-0.2, 0) is 4.74 Å². The van der Waals surface area contributed by atoms with Crippen molar-refractivity contribution in [1.29, 1.82) is 0 Å². The molecule has 0 amide bonds. The van der Waals surface area contributed by atoms with Crippen LogP contribution in [-0.4, -0.2) is 11.7 Å². The third-order valence-electron chi connectivity index (χ3n) is 0.390. The number of hydrogen-bond donors (Lipinski definition) is 1. The molecule has 1 N–H and O–H groups in total. The summed E-state index contributed by atoms with van der Waals surface area (Å²) in [5.74, 6) is -0.296. The van der Waals surface area contributed by atoms with Crippen LogP contribution >= 0.6 is 0 Å². The van der Waals surface area contributed by atoms with E-state index in [-0.39, 0.29) is 12.6 Å². The molecule has 0 aromatic carbocycles. The smallest absolute Gasteiger partial charge is 0.327 e. The van der Waals surface area contributed by atoms with Crippen LogP contribution in [0.4, 0.5) is 0 Å². The molecule has 2 nitrogen and oxygen atoms in total. The molecule has 0 saturated carbocycles. The molecule has 0 aliphatic rings. The SMILES string of the molecule is C=C=C(O)OC[CH2+]. The first kappa shape index (κ1) is 5.99. The second kappa shape index (κ2) is 3.19. The van der Waals surface area contributed by atoms with Gasteiger partial charge in [0, 0.05) is 0 Å². The van der Waals surface area contributed by atoms with E-state index in [2.05, 4.69) is 24.0 Å². The van der Waals surface area contributed by atoms with Crippen molar-refractivity contribution < 1.29 is 9.84 Å². The van der Waals surface area contributed by atoms with E-state index in [0.717, 1.165) is 0 Å². The third kappa shape index (κ3) is 2.80. The van der Waals surface area contributed by atoms with Gasteiger partial charge in [0.15, 0.2) is 0 Å². The zero-order valence-corrected chi connectivity index (χ0v) is 3.98. The highest BCUT2D eigenvalue weighted by Gasteiger charge is 1.84. The summed E-state index contributed by atoms with van der Waals surface area (Å²) in [5, 5.41) is 8.34. The minimum atomic E-state index is -0.296. The van der Waals surface area contributed by atoms with Crippen molar-refractivity contribution in [1.82, 2.24) is 0 Å². The van der Waals surface area contributed by atoms with Crippen LogP contribution in [0.15, 0.2) is 18.3 Å². The van der Waals surface area contributed by atoms with E-state index in [1.165, 1.54) is 0 Å². The quantitative estimate of drug-likeness (QED) is 0.318. The maximum Gasteiger partial charge on any atom is 0.327 e. The molecule has 0 saturated heterocycles. The van der Waals surface area contributed by atoms with Crippen molar-refractivity contribution in [3.8, 4) is 0 Å². The molecular weight excluding hydrogens is 92.1 g/mol. The van der Waals surface area contributed by atoms with Crippen molar-refractivity contribution in [2.75, 3.05) is 6.61 Å². The fourth-order valence-electron chi connectivity index (χ4n) is 0.148. The summed E-state index contributed by atoms with van der Waals surface area (Å²) in [6.45, 7) is 6.62. The third-order valence-corrected chi connectivity index (χ3v) is 0.390. The Labute approximate surface area is 42.7 Å². The van der Waals surface area contributed by atoms with Crippen LogP contribution in [0.25, 0.3) is 0 Å². The Morgan fingerprint density at radius 2 is 2.57 bits per heavy atom. The van der Waals surface area contributed by atoms with Crippen LogP contribution in [0, 0.1) is 6.92 Å². The second-order valence-electron chi connectivity index (χ2n) is 0.830. The minimum absolute atomic E-state index is 0.203. The van der Waals surface area contributed by atoms with Gasteiger partial charge in [0.25, 0.3) is 0 Å². The zero-order chi connectivity index (χ0) is 5.70. The zero-order valence-electron chi connectivity index (χ0n) is 3.98. The van der Waals surface area contributed by atoms with Crippen molar-refractivity contribution in [2.24, 2.45) is 0 Å². The Morgan fingerprint density at radius 1 is 2.00 bits per heavy atom. The summed E-state index contributed by atoms with van der Waals surface area (Å²) >= 11 is 0. The van der Waals surface area contributed by atoms with Gasteiger partial charge in [-0.15, -0.1) is 0 Å². The van der Waals surface area contributed by atoms with Gasteiger partial charge in [-0.2, -0.15) is 0 Å². The minimum Gasteiger partial charge on any atom is -0.475 e. The van der Waals surface area contributed by atoms with Gasteiger partial charge in [0.1, 0.15) is 6.92 Å². The summed E-state index contributed by atoms with van der Waals surface area (Å²) < 4.78 is 4.38. The molecule has 0 aliphatic carbocycles. The van der Waals surface area contributed by atoms with Gasteiger partial charge in [0.05, 0.1) is 0 Å². The molecule has 2 heteroatoms. The largest absolute Gasteiger partial charge is 0.475 e. The predicted molar refractivity (Wildman–Crippen MR) is 26.6 cm³/mol. The number of ether oxygens (including phenoxy) is 1. The number of hydrogen-bond acceptors (Lipinski definition) is 2. The summed E-state index contributed by atoms with van der Waals surface area (Å²) in [7, 11) is 0. The van der Waals surface area contributed by atoms with Crippen molar-refractivity contribution in [3.05, 3.63) is 25.2 Å². The highest BCUT2D eigenvalue weighted by molar-refractivity contribution is 4.74. The number of aliphatic hydroxyl groups excluding tert-OH is 1. The van der Waals surface area contributed by atoms with Crippen LogP contribution < -0.4 is 0 Å². The monoisotopic (exact) mass is 99.0 g/mol. The fraction of sp³-hybridized carbons (Fsp3) is 0.200. The van der Waals surface area contributed by atoms with Gasteiger partial charge in [-0.3, -0.25) is 0 Å². The van der Waals surface area contributed by atoms with Crippen LogP contribution in [0.2, 0.25) is 0 Å². The lowest BCUT2D eigenvalue weighted by molar-refractivity contribution is 0.113. The van der Waals surface area contributed by atoms with Gasteiger partial charge in [-0.05, 0) is 12.3 Å². The summed E-state index contributed by atoms with van der Waals surface area (Å²) in [5.41, 5.74) is 2.13. The second-order valence-corrected chi connectivity index (χ2v) is 0.830. The molecule has 0 unspecified atom stereocenters. The number of rotatable bonds is 2. The first-order valence-electron chi connectivity index (χ1n) is 1.82. The molecule has 0 aromatic heterocycles. The van der Waals surface area contributed by atoms with E-state index < -0.39 is 0 Å². The van der Waals surface area contributed by atoms with E-state index in [1.807, 2.05) is 0 Å². The van der Waals surface area contributed by atoms with Crippen LogP contribution in [0.1, 0.15) is 0 Å². The molecule has 0 spiro atoms. The van der Waals surface area contributed by atoms with Crippen LogP contribution in [0.3, 0.4) is 0 Å². The number of aliphatic hydroxyl groups is 1. The normalized spacial score (nSPS) is 6.86. The standard InChI is InChI=1S/C5H6O2/c1-3-5(6)7-4-2/h1-2,4H2/p+1. The summed E-state index contributed by atoms with van der Waals surface area (Å²) in [4.78, 5) is 0. The molecule has 0 atom stereocenters. The average molecular weight is 99.1 g/mol. The molecule has 0 radical (unpaired) electrons. The fourth-order valence-corrected chi connectivity index (χ4v) is 0.148. The van der Waals surface area contributed by atoms with Gasteiger partial charge in [-0.25, -0.2) is 0 Å². The van der Waals surface area contributed by atoms with Crippen molar-refractivity contribution in [2.45, 2.75) is 0 Å². The van der Waals surface area contributed by atoms with Gasteiger partial charge >= 0.3 is 5.95 Å². The Hall–Kier alpha value is -1.01. The molecule has 0 bridgehead atoms. The van der Waals surface area contributed by atoms with E-state index in [9.17, 15) is 0 Å². The van der Waals surface area contributed by atoms with Gasteiger partial charge in [-0.1, -0.05) is 0 Å². The van der Waals surface area contributed by atoms with Gasteiger partial charge < -0.3 is 9.84 Å². The topological polar surface area (TPSA) is 29.5 Å². The maximum absolute atomic E-state index is 8.34. The van der Waals surface area contributed by atoms with Crippen molar-refractivity contribution >= 4 is 0 Å². The lowest BCUT2D eigenvalue weighted by atomic mass is 10.8. The first-order valence-corrected chi connectivity index (χ1v) is 1.82. The van der Waals surface area contributed by atoms with E-state index in [0.29, 0.717) is 0 Å². The predicted octanol–water partition coefficient (Wildman–Crippen LogP) is 1.02. The van der Waals surface area contributed by atoms with Gasteiger partial charge in [0.2, 0.25) is 6.61 Å². The highest BCUT2D eigenvalue weighted by Crippen LogP contribution is 1.83. The molecule has 0 fully saturated rings. The molecule has 0 heterocycles. The summed E-state index contributed by atoms with van der Waals surface area (Å²) in [6, 6.07) is 0. The lowest BCUT2D eigenvalue weighted by Gasteiger charge is -1.88. The van der Waals surface area contributed by atoms with Crippen molar-refractivity contribution in [3.63, 3.8) is 0 Å². The molecule has 0 aliphatic heterocycles. The molecule has 7 heavy (non-hydrogen) atoms. The summed E-state index contributed by atoms with van der Waals surface area (Å²) in [6.07, 6.45) is 0. The van der Waals surface area contributed by atoms with E-state index in [1.54, 1.807) is 0 Å². The Balaban J connectivity index is 3.37. The van der Waals surface area contributed by atoms with E-state index in [4.69, 9.17) is 5.11 Å². The molecular formula is C5H7O2+. The van der Waals surface area contributed by atoms with Crippen LogP contribution in [0.5, 0.6) is 0 Å². The average Bonchev–Trinajstić information content (AvgIpc) is 1.68. The molecule has 38 valence electrons. The lowest BCUT2D eigenvalue weighted by Crippen LogP contribution is -1.86. The molecule has 0 rings (SSSR count). The van der Waals surface area contributed by atoms with E-state index >= 15 is 0 Å². The first-order chi connectivity index (χ1) is 3.31. The highest BCUT2D eigenvalue weighted by atomic mass is 16.6. The Bertz CT molecular complexity index is 90.3. The Morgan fingerprint density at radius 3 is 2.71 bits per heavy atom.